The third-order valence-corrected chi connectivity index (χ3v) is 3.60. The molecule has 1 aliphatic rings. The lowest BCUT2D eigenvalue weighted by Crippen LogP contribution is -2.42. The van der Waals surface area contributed by atoms with Crippen molar-refractivity contribution < 1.29 is 32.2 Å². The maximum absolute atomic E-state index is 12.9. The van der Waals surface area contributed by atoms with E-state index in [9.17, 15) is 22.8 Å². The van der Waals surface area contributed by atoms with Crippen LogP contribution in [-0.2, 0) is 20.4 Å². The Bertz CT molecular complexity index is 634. The third-order valence-electron chi connectivity index (χ3n) is 3.60. The lowest BCUT2D eigenvalue weighted by Gasteiger charge is -2.32. The van der Waals surface area contributed by atoms with Gasteiger partial charge in [-0.2, -0.15) is 13.2 Å². The van der Waals surface area contributed by atoms with Crippen molar-refractivity contribution in [1.82, 2.24) is 5.32 Å². The van der Waals surface area contributed by atoms with Gasteiger partial charge in [-0.25, -0.2) is 9.59 Å². The molecule has 2 rings (SSSR count). The number of ether oxygens (including phenoxy) is 2. The number of carbonyl (C=O) groups excluding carboxylic acids is 2. The Morgan fingerprint density at radius 2 is 2.08 bits per heavy atom. The van der Waals surface area contributed by atoms with Crippen LogP contribution in [0.4, 0.5) is 23.7 Å². The SMILES string of the molecule is CCOC(=O)[C@@H]1C[C@H](NC(=O)OC)c2cc(C(F)(F)F)ccc2N1. The van der Waals surface area contributed by atoms with E-state index in [2.05, 4.69) is 15.4 Å². The zero-order valence-corrected chi connectivity index (χ0v) is 13.1. The number of alkyl halides is 3. The summed E-state index contributed by atoms with van der Waals surface area (Å²) in [5.41, 5.74) is -0.279. The first-order valence-corrected chi connectivity index (χ1v) is 7.25. The Kier molecular flexibility index (Phi) is 5.20. The van der Waals surface area contributed by atoms with Gasteiger partial charge in [0.05, 0.1) is 25.3 Å². The minimum Gasteiger partial charge on any atom is -0.464 e. The molecule has 1 aliphatic heterocycles. The van der Waals surface area contributed by atoms with Crippen molar-refractivity contribution in [1.29, 1.82) is 0 Å². The Balaban J connectivity index is 2.37. The van der Waals surface area contributed by atoms with E-state index in [-0.39, 0.29) is 18.6 Å². The molecule has 9 heteroatoms. The summed E-state index contributed by atoms with van der Waals surface area (Å²) in [6.45, 7) is 1.82. The van der Waals surface area contributed by atoms with Crippen LogP contribution in [0.25, 0.3) is 0 Å². The summed E-state index contributed by atoms with van der Waals surface area (Å²) in [5, 5.41) is 5.30. The first-order chi connectivity index (χ1) is 11.3. The van der Waals surface area contributed by atoms with Crippen LogP contribution < -0.4 is 10.6 Å². The molecule has 132 valence electrons. The molecule has 0 aliphatic carbocycles. The molecule has 0 bridgehead atoms. The van der Waals surface area contributed by atoms with Gasteiger partial charge in [-0.15, -0.1) is 0 Å². The molecule has 2 atom stereocenters. The fourth-order valence-corrected chi connectivity index (χ4v) is 2.50. The van der Waals surface area contributed by atoms with Crippen LogP contribution >= 0.6 is 0 Å². The normalized spacial score (nSPS) is 19.7. The van der Waals surface area contributed by atoms with Gasteiger partial charge in [0.1, 0.15) is 6.04 Å². The number of methoxy groups -OCH3 is 1. The van der Waals surface area contributed by atoms with Crippen molar-refractivity contribution in [2.75, 3.05) is 19.0 Å². The van der Waals surface area contributed by atoms with Crippen molar-refractivity contribution >= 4 is 17.7 Å². The van der Waals surface area contributed by atoms with Crippen LogP contribution in [-0.4, -0.2) is 31.8 Å². The van der Waals surface area contributed by atoms with Crippen LogP contribution in [0.2, 0.25) is 0 Å². The van der Waals surface area contributed by atoms with Gasteiger partial charge < -0.3 is 20.1 Å². The molecule has 1 aromatic carbocycles. The average molecular weight is 346 g/mol. The topological polar surface area (TPSA) is 76.7 Å². The molecule has 0 radical (unpaired) electrons. The second-order valence-electron chi connectivity index (χ2n) is 5.17. The van der Waals surface area contributed by atoms with E-state index in [1.54, 1.807) is 6.92 Å². The van der Waals surface area contributed by atoms with Crippen molar-refractivity contribution in [3.63, 3.8) is 0 Å². The highest BCUT2D eigenvalue weighted by atomic mass is 19.4. The van der Waals surface area contributed by atoms with Crippen molar-refractivity contribution in [2.24, 2.45) is 0 Å². The van der Waals surface area contributed by atoms with Crippen molar-refractivity contribution in [3.05, 3.63) is 29.3 Å². The summed E-state index contributed by atoms with van der Waals surface area (Å²) in [4.78, 5) is 23.4. The summed E-state index contributed by atoms with van der Waals surface area (Å²) in [6, 6.07) is 1.50. The summed E-state index contributed by atoms with van der Waals surface area (Å²) < 4.78 is 48.2. The minimum absolute atomic E-state index is 0.0439. The number of anilines is 1. The summed E-state index contributed by atoms with van der Waals surface area (Å²) >= 11 is 0. The molecule has 0 aromatic heterocycles. The summed E-state index contributed by atoms with van der Waals surface area (Å²) in [7, 11) is 1.15. The fraction of sp³-hybridized carbons (Fsp3) is 0.467. The van der Waals surface area contributed by atoms with Gasteiger partial charge in [0.25, 0.3) is 0 Å². The molecule has 0 spiro atoms. The van der Waals surface area contributed by atoms with Crippen LogP contribution in [0.15, 0.2) is 18.2 Å². The van der Waals surface area contributed by atoms with E-state index in [1.165, 1.54) is 6.07 Å². The summed E-state index contributed by atoms with van der Waals surface area (Å²) in [6.07, 6.45) is -5.27. The van der Waals surface area contributed by atoms with Crippen molar-refractivity contribution in [2.45, 2.75) is 31.6 Å². The second-order valence-corrected chi connectivity index (χ2v) is 5.17. The third kappa shape index (κ3) is 3.90. The number of hydrogen-bond acceptors (Lipinski definition) is 5. The van der Waals surface area contributed by atoms with Crippen molar-refractivity contribution in [3.8, 4) is 0 Å². The Morgan fingerprint density at radius 1 is 1.38 bits per heavy atom. The van der Waals surface area contributed by atoms with Gasteiger partial charge in [0.15, 0.2) is 0 Å². The molecule has 24 heavy (non-hydrogen) atoms. The molecule has 1 amide bonds. The number of hydrogen-bond donors (Lipinski definition) is 2. The van der Waals surface area contributed by atoms with Gasteiger partial charge in [-0.3, -0.25) is 0 Å². The molecule has 6 nitrogen and oxygen atoms in total. The molecule has 0 fully saturated rings. The zero-order chi connectivity index (χ0) is 17.9. The monoisotopic (exact) mass is 346 g/mol. The predicted octanol–water partition coefficient (Wildman–Crippen LogP) is 2.85. The number of alkyl carbamates (subject to hydrolysis) is 1. The van der Waals surface area contributed by atoms with Crippen LogP contribution in [0.3, 0.4) is 0 Å². The van der Waals surface area contributed by atoms with E-state index < -0.39 is 35.9 Å². The molecule has 0 saturated carbocycles. The van der Waals surface area contributed by atoms with Crippen LogP contribution in [0, 0.1) is 0 Å². The standard InChI is InChI=1S/C15H17F3N2O4/c1-3-24-13(21)12-7-11(20-14(22)23-2)9-6-8(15(16,17)18)4-5-10(9)19-12/h4-6,11-12,19H,3,7H2,1-2H3,(H,20,22)/t11-,12-/m0/s1. The Hall–Kier alpha value is -2.45. The maximum atomic E-state index is 12.9. The van der Waals surface area contributed by atoms with Gasteiger partial charge in [0.2, 0.25) is 0 Å². The number of amides is 1. The molecular formula is C15H17F3N2O4. The fourth-order valence-electron chi connectivity index (χ4n) is 2.50. The van der Waals surface area contributed by atoms with E-state index in [4.69, 9.17) is 4.74 Å². The highest BCUT2D eigenvalue weighted by Gasteiger charge is 2.36. The number of carbonyl (C=O) groups is 2. The summed E-state index contributed by atoms with van der Waals surface area (Å²) in [5.74, 6) is -0.542. The molecule has 1 aromatic rings. The van der Waals surface area contributed by atoms with Gasteiger partial charge in [-0.1, -0.05) is 0 Å². The second kappa shape index (κ2) is 6.98. The van der Waals surface area contributed by atoms with Crippen LogP contribution in [0.1, 0.15) is 30.5 Å². The number of benzene rings is 1. The highest BCUT2D eigenvalue weighted by Crippen LogP contribution is 2.38. The number of nitrogens with one attached hydrogen (secondary N) is 2. The quantitative estimate of drug-likeness (QED) is 0.823. The van der Waals surface area contributed by atoms with Gasteiger partial charge in [0, 0.05) is 12.1 Å². The lowest BCUT2D eigenvalue weighted by atomic mass is 9.91. The molecule has 1 heterocycles. The van der Waals surface area contributed by atoms with E-state index >= 15 is 0 Å². The first-order valence-electron chi connectivity index (χ1n) is 7.25. The molecule has 2 N–H and O–H groups in total. The zero-order valence-electron chi connectivity index (χ0n) is 13.1. The van der Waals surface area contributed by atoms with E-state index in [0.717, 1.165) is 19.2 Å². The molecular weight excluding hydrogens is 329 g/mol. The minimum atomic E-state index is -4.51. The Morgan fingerprint density at radius 3 is 2.67 bits per heavy atom. The van der Waals surface area contributed by atoms with Gasteiger partial charge in [-0.05, 0) is 30.7 Å². The molecule has 0 saturated heterocycles. The lowest BCUT2D eigenvalue weighted by molar-refractivity contribution is -0.144. The van der Waals surface area contributed by atoms with Crippen LogP contribution in [0.5, 0.6) is 0 Å². The predicted molar refractivity (Wildman–Crippen MR) is 78.4 cm³/mol. The first kappa shape index (κ1) is 17.9. The van der Waals surface area contributed by atoms with E-state index in [0.29, 0.717) is 5.69 Å². The van der Waals surface area contributed by atoms with Gasteiger partial charge >= 0.3 is 18.2 Å². The number of halogens is 3. The number of rotatable bonds is 3. The average Bonchev–Trinajstić information content (AvgIpc) is 2.53. The van der Waals surface area contributed by atoms with E-state index in [1.807, 2.05) is 0 Å². The number of esters is 1. The maximum Gasteiger partial charge on any atom is 0.416 e. The number of fused-ring (bicyclic) bond motifs is 1. The smallest absolute Gasteiger partial charge is 0.416 e. The molecule has 0 unspecified atom stereocenters. The highest BCUT2D eigenvalue weighted by molar-refractivity contribution is 5.81. The Labute approximate surface area is 136 Å². The largest absolute Gasteiger partial charge is 0.464 e.